The second kappa shape index (κ2) is 6.51. The standard InChI is InChI=1S/C12H15N3O3/c1-8-3-5-11(18-2)9(7-8)10(14-15-13)4-6-12(16)17/h3,5,7,10H,4,6H2,1-2H3,(H,16,17). The Hall–Kier alpha value is -2.20. The van der Waals surface area contributed by atoms with Crippen molar-refractivity contribution in [1.82, 2.24) is 0 Å². The predicted molar refractivity (Wildman–Crippen MR) is 66.5 cm³/mol. The Morgan fingerprint density at radius 3 is 2.89 bits per heavy atom. The number of aliphatic carboxylic acids is 1. The van der Waals surface area contributed by atoms with Crippen LogP contribution in [0, 0.1) is 6.92 Å². The van der Waals surface area contributed by atoms with Gasteiger partial charge in [0.15, 0.2) is 0 Å². The number of hydrogen-bond acceptors (Lipinski definition) is 3. The fourth-order valence-corrected chi connectivity index (χ4v) is 1.71. The first-order chi connectivity index (χ1) is 8.58. The molecule has 1 aromatic rings. The molecule has 0 aliphatic carbocycles. The van der Waals surface area contributed by atoms with Gasteiger partial charge in [-0.2, -0.15) is 0 Å². The lowest BCUT2D eigenvalue weighted by atomic mass is 10.00. The highest BCUT2D eigenvalue weighted by Crippen LogP contribution is 2.32. The van der Waals surface area contributed by atoms with E-state index in [4.69, 9.17) is 15.4 Å². The lowest BCUT2D eigenvalue weighted by Gasteiger charge is -2.15. The summed E-state index contributed by atoms with van der Waals surface area (Å²) in [6.45, 7) is 1.91. The van der Waals surface area contributed by atoms with Gasteiger partial charge in [0.1, 0.15) is 5.75 Å². The number of hydrogen-bond donors (Lipinski definition) is 1. The molecule has 1 rings (SSSR count). The fourth-order valence-electron chi connectivity index (χ4n) is 1.71. The van der Waals surface area contributed by atoms with E-state index in [1.807, 2.05) is 19.1 Å². The van der Waals surface area contributed by atoms with Crippen molar-refractivity contribution < 1.29 is 14.6 Å². The smallest absolute Gasteiger partial charge is 0.303 e. The summed E-state index contributed by atoms with van der Waals surface area (Å²) in [5.41, 5.74) is 10.3. The molecule has 0 aromatic heterocycles. The van der Waals surface area contributed by atoms with Crippen molar-refractivity contribution in [1.29, 1.82) is 0 Å². The highest BCUT2D eigenvalue weighted by Gasteiger charge is 2.16. The van der Waals surface area contributed by atoms with Crippen LogP contribution in [0.4, 0.5) is 0 Å². The third-order valence-corrected chi connectivity index (χ3v) is 2.57. The van der Waals surface area contributed by atoms with Crippen LogP contribution < -0.4 is 4.74 Å². The number of carboxylic acid groups (broad SMARTS) is 1. The second-order valence-electron chi connectivity index (χ2n) is 3.90. The summed E-state index contributed by atoms with van der Waals surface area (Å²) in [7, 11) is 1.53. The van der Waals surface area contributed by atoms with Gasteiger partial charge >= 0.3 is 5.97 Å². The topological polar surface area (TPSA) is 95.3 Å². The average molecular weight is 249 g/mol. The molecule has 18 heavy (non-hydrogen) atoms. The minimum absolute atomic E-state index is 0.0548. The molecule has 0 saturated heterocycles. The van der Waals surface area contributed by atoms with Crippen molar-refractivity contribution in [2.24, 2.45) is 5.11 Å². The van der Waals surface area contributed by atoms with E-state index in [1.54, 1.807) is 6.07 Å². The molecule has 0 radical (unpaired) electrons. The normalized spacial score (nSPS) is 11.4. The maximum Gasteiger partial charge on any atom is 0.303 e. The molecule has 1 N–H and O–H groups in total. The van der Waals surface area contributed by atoms with Crippen molar-refractivity contribution in [2.75, 3.05) is 7.11 Å². The highest BCUT2D eigenvalue weighted by molar-refractivity contribution is 5.66. The zero-order valence-corrected chi connectivity index (χ0v) is 10.3. The summed E-state index contributed by atoms with van der Waals surface area (Å²) in [4.78, 5) is 13.4. The van der Waals surface area contributed by atoms with Gasteiger partial charge in [-0.15, -0.1) is 0 Å². The van der Waals surface area contributed by atoms with Crippen LogP contribution in [0.3, 0.4) is 0 Å². The number of benzene rings is 1. The van der Waals surface area contributed by atoms with Crippen molar-refractivity contribution in [2.45, 2.75) is 25.8 Å². The molecule has 0 fully saturated rings. The molecule has 96 valence electrons. The van der Waals surface area contributed by atoms with Gasteiger partial charge in [-0.3, -0.25) is 4.79 Å². The Balaban J connectivity index is 3.07. The van der Waals surface area contributed by atoms with Crippen LogP contribution in [-0.4, -0.2) is 18.2 Å². The maximum atomic E-state index is 10.6. The van der Waals surface area contributed by atoms with Crippen molar-refractivity contribution in [3.05, 3.63) is 39.8 Å². The third kappa shape index (κ3) is 3.68. The number of ether oxygens (including phenoxy) is 1. The molecule has 1 atom stereocenters. The molecule has 0 spiro atoms. The Bertz CT molecular complexity index is 481. The molecule has 0 aliphatic rings. The first kappa shape index (κ1) is 13.9. The van der Waals surface area contributed by atoms with Gasteiger partial charge in [-0.25, -0.2) is 0 Å². The second-order valence-corrected chi connectivity index (χ2v) is 3.90. The Morgan fingerprint density at radius 2 is 2.33 bits per heavy atom. The van der Waals surface area contributed by atoms with Crippen molar-refractivity contribution in [3.8, 4) is 5.75 Å². The Morgan fingerprint density at radius 1 is 1.61 bits per heavy atom. The molecule has 0 heterocycles. The first-order valence-electron chi connectivity index (χ1n) is 5.49. The lowest BCUT2D eigenvalue weighted by Crippen LogP contribution is -2.03. The molecular formula is C12H15N3O3. The molecule has 1 unspecified atom stereocenters. The molecular weight excluding hydrogens is 234 g/mol. The summed E-state index contributed by atoms with van der Waals surface area (Å²) >= 11 is 0. The number of nitrogens with zero attached hydrogens (tertiary/aromatic N) is 3. The van der Waals surface area contributed by atoms with Crippen LogP contribution in [0.5, 0.6) is 5.75 Å². The van der Waals surface area contributed by atoms with Gasteiger partial charge in [0.2, 0.25) is 0 Å². The minimum Gasteiger partial charge on any atom is -0.496 e. The van der Waals surface area contributed by atoms with Crippen LogP contribution in [0.1, 0.15) is 30.0 Å². The van der Waals surface area contributed by atoms with E-state index in [0.717, 1.165) is 11.1 Å². The van der Waals surface area contributed by atoms with Gasteiger partial charge in [0.05, 0.1) is 13.2 Å². The SMILES string of the molecule is COc1ccc(C)cc1C(CCC(=O)O)N=[N+]=[N-]. The summed E-state index contributed by atoms with van der Waals surface area (Å²) < 4.78 is 5.20. The fraction of sp³-hybridized carbons (Fsp3) is 0.417. The summed E-state index contributed by atoms with van der Waals surface area (Å²) in [6.07, 6.45) is 0.194. The molecule has 0 bridgehead atoms. The molecule has 1 aromatic carbocycles. The van der Waals surface area contributed by atoms with E-state index in [-0.39, 0.29) is 12.8 Å². The lowest BCUT2D eigenvalue weighted by molar-refractivity contribution is -0.137. The molecule has 6 heteroatoms. The molecule has 6 nitrogen and oxygen atoms in total. The first-order valence-corrected chi connectivity index (χ1v) is 5.49. The maximum absolute atomic E-state index is 10.6. The van der Waals surface area contributed by atoms with Gasteiger partial charge in [-0.1, -0.05) is 22.8 Å². The van der Waals surface area contributed by atoms with Crippen LogP contribution >= 0.6 is 0 Å². The predicted octanol–water partition coefficient (Wildman–Crippen LogP) is 3.22. The van der Waals surface area contributed by atoms with Crippen LogP contribution in [0.15, 0.2) is 23.3 Å². The monoisotopic (exact) mass is 249 g/mol. The van der Waals surface area contributed by atoms with E-state index in [0.29, 0.717) is 5.75 Å². The number of methoxy groups -OCH3 is 1. The third-order valence-electron chi connectivity index (χ3n) is 2.57. The van der Waals surface area contributed by atoms with Crippen molar-refractivity contribution >= 4 is 5.97 Å². The van der Waals surface area contributed by atoms with E-state index in [9.17, 15) is 4.79 Å². The van der Waals surface area contributed by atoms with Gasteiger partial charge in [-0.05, 0) is 24.9 Å². The van der Waals surface area contributed by atoms with Crippen LogP contribution in [-0.2, 0) is 4.79 Å². The number of azide groups is 1. The van der Waals surface area contributed by atoms with Crippen molar-refractivity contribution in [3.63, 3.8) is 0 Å². The van der Waals surface area contributed by atoms with E-state index >= 15 is 0 Å². The highest BCUT2D eigenvalue weighted by atomic mass is 16.5. The summed E-state index contributed by atoms with van der Waals surface area (Å²) in [5.74, 6) is -0.317. The van der Waals surface area contributed by atoms with Crippen LogP contribution in [0.25, 0.3) is 10.4 Å². The number of aryl methyl sites for hydroxylation is 1. The number of carboxylic acids is 1. The Kier molecular flexibility index (Phi) is 5.02. The largest absolute Gasteiger partial charge is 0.496 e. The van der Waals surface area contributed by atoms with E-state index < -0.39 is 12.0 Å². The molecule has 0 aliphatic heterocycles. The molecule has 0 amide bonds. The number of rotatable bonds is 6. The van der Waals surface area contributed by atoms with E-state index in [2.05, 4.69) is 10.0 Å². The number of carbonyl (C=O) groups is 1. The summed E-state index contributed by atoms with van der Waals surface area (Å²) in [5, 5.41) is 12.3. The average Bonchev–Trinajstić information content (AvgIpc) is 2.34. The van der Waals surface area contributed by atoms with Gasteiger partial charge < -0.3 is 9.84 Å². The van der Waals surface area contributed by atoms with Gasteiger partial charge in [0, 0.05) is 16.9 Å². The molecule has 0 saturated carbocycles. The minimum atomic E-state index is -0.917. The Labute approximate surface area is 105 Å². The van der Waals surface area contributed by atoms with E-state index in [1.165, 1.54) is 7.11 Å². The quantitative estimate of drug-likeness (QED) is 0.476. The zero-order valence-electron chi connectivity index (χ0n) is 10.3. The van der Waals surface area contributed by atoms with Gasteiger partial charge in [0.25, 0.3) is 0 Å². The summed E-state index contributed by atoms with van der Waals surface area (Å²) in [6, 6.07) is 4.99. The zero-order chi connectivity index (χ0) is 13.5. The van der Waals surface area contributed by atoms with Crippen LogP contribution in [0.2, 0.25) is 0 Å².